The normalized spacial score (nSPS) is 13.4. The van der Waals surface area contributed by atoms with E-state index in [1.807, 2.05) is 6.08 Å². The van der Waals surface area contributed by atoms with Crippen LogP contribution in [0.3, 0.4) is 0 Å². The molecule has 1 atom stereocenters. The minimum atomic E-state index is -0.372. The molecule has 0 heterocycles. The standard InChI is InChI=1S/C13H25NO2/c1-5-11(2)7-6-8-12(3)9-10-16-13(15)14-4/h9,11H,5-8,10H2,1-4H3,(H,14,15)/b12-9+. The third-order valence-corrected chi connectivity index (χ3v) is 2.82. The number of hydrogen-bond donors (Lipinski definition) is 1. The maximum absolute atomic E-state index is 10.8. The number of alkyl carbamates (subject to hydrolysis) is 1. The first-order valence-corrected chi connectivity index (χ1v) is 6.10. The highest BCUT2D eigenvalue weighted by molar-refractivity contribution is 5.66. The minimum Gasteiger partial charge on any atom is -0.445 e. The maximum atomic E-state index is 10.8. The van der Waals surface area contributed by atoms with Gasteiger partial charge in [-0.1, -0.05) is 32.3 Å². The quantitative estimate of drug-likeness (QED) is 0.676. The van der Waals surface area contributed by atoms with Gasteiger partial charge in [-0.15, -0.1) is 0 Å². The summed E-state index contributed by atoms with van der Waals surface area (Å²) in [5.41, 5.74) is 1.30. The first kappa shape index (κ1) is 15.0. The van der Waals surface area contributed by atoms with E-state index in [1.54, 1.807) is 7.05 Å². The Morgan fingerprint density at radius 3 is 2.75 bits per heavy atom. The summed E-state index contributed by atoms with van der Waals surface area (Å²) >= 11 is 0. The fourth-order valence-electron chi connectivity index (χ4n) is 1.37. The molecule has 0 bridgehead atoms. The molecular formula is C13H25NO2. The van der Waals surface area contributed by atoms with Crippen molar-refractivity contribution in [1.29, 1.82) is 0 Å². The molecule has 0 aliphatic rings. The molecule has 1 N–H and O–H groups in total. The fraction of sp³-hybridized carbons (Fsp3) is 0.769. The number of carbonyl (C=O) groups excluding carboxylic acids is 1. The fourth-order valence-corrected chi connectivity index (χ4v) is 1.37. The lowest BCUT2D eigenvalue weighted by atomic mass is 9.99. The molecule has 1 unspecified atom stereocenters. The highest BCUT2D eigenvalue weighted by Gasteiger charge is 1.99. The van der Waals surface area contributed by atoms with Crippen molar-refractivity contribution in [3.8, 4) is 0 Å². The van der Waals surface area contributed by atoms with Crippen LogP contribution in [0.5, 0.6) is 0 Å². The predicted octanol–water partition coefficient (Wildman–Crippen LogP) is 3.51. The molecular weight excluding hydrogens is 202 g/mol. The summed E-state index contributed by atoms with van der Waals surface area (Å²) in [5.74, 6) is 0.815. The van der Waals surface area contributed by atoms with Gasteiger partial charge in [-0.2, -0.15) is 0 Å². The van der Waals surface area contributed by atoms with Gasteiger partial charge in [0.15, 0.2) is 0 Å². The third kappa shape index (κ3) is 8.33. The zero-order valence-electron chi connectivity index (χ0n) is 11.0. The van der Waals surface area contributed by atoms with E-state index >= 15 is 0 Å². The molecule has 0 saturated heterocycles. The van der Waals surface area contributed by atoms with Crippen molar-refractivity contribution < 1.29 is 9.53 Å². The molecule has 0 aromatic carbocycles. The maximum Gasteiger partial charge on any atom is 0.407 e. The minimum absolute atomic E-state index is 0.370. The molecule has 0 aliphatic heterocycles. The first-order chi connectivity index (χ1) is 7.60. The summed E-state index contributed by atoms with van der Waals surface area (Å²) in [7, 11) is 1.56. The number of carbonyl (C=O) groups is 1. The third-order valence-electron chi connectivity index (χ3n) is 2.82. The van der Waals surface area contributed by atoms with Crippen LogP contribution in [0, 0.1) is 5.92 Å². The number of rotatable bonds is 7. The molecule has 0 aliphatic carbocycles. The zero-order chi connectivity index (χ0) is 12.4. The summed E-state index contributed by atoms with van der Waals surface area (Å²) < 4.78 is 4.88. The summed E-state index contributed by atoms with van der Waals surface area (Å²) in [4.78, 5) is 10.8. The van der Waals surface area contributed by atoms with E-state index in [9.17, 15) is 4.79 Å². The predicted molar refractivity (Wildman–Crippen MR) is 67.5 cm³/mol. The van der Waals surface area contributed by atoms with Crippen molar-refractivity contribution in [3.63, 3.8) is 0 Å². The van der Waals surface area contributed by atoms with Crippen molar-refractivity contribution in [2.24, 2.45) is 5.92 Å². The van der Waals surface area contributed by atoms with Gasteiger partial charge < -0.3 is 10.1 Å². The lowest BCUT2D eigenvalue weighted by molar-refractivity contribution is 0.160. The van der Waals surface area contributed by atoms with E-state index < -0.39 is 0 Å². The van der Waals surface area contributed by atoms with Gasteiger partial charge in [-0.3, -0.25) is 0 Å². The van der Waals surface area contributed by atoms with Crippen molar-refractivity contribution in [2.75, 3.05) is 13.7 Å². The van der Waals surface area contributed by atoms with Crippen molar-refractivity contribution in [3.05, 3.63) is 11.6 Å². The second-order valence-corrected chi connectivity index (χ2v) is 4.30. The summed E-state index contributed by atoms with van der Waals surface area (Å²) in [6, 6.07) is 0. The number of allylic oxidation sites excluding steroid dienone is 1. The van der Waals surface area contributed by atoms with E-state index in [0.717, 1.165) is 12.3 Å². The highest BCUT2D eigenvalue weighted by Crippen LogP contribution is 2.14. The second-order valence-electron chi connectivity index (χ2n) is 4.30. The number of ether oxygens (including phenoxy) is 1. The second kappa shape index (κ2) is 9.25. The van der Waals surface area contributed by atoms with E-state index in [1.165, 1.54) is 24.8 Å². The number of amides is 1. The van der Waals surface area contributed by atoms with Crippen molar-refractivity contribution >= 4 is 6.09 Å². The number of nitrogens with one attached hydrogen (secondary N) is 1. The largest absolute Gasteiger partial charge is 0.445 e. The average Bonchev–Trinajstić information content (AvgIpc) is 2.28. The number of hydrogen-bond acceptors (Lipinski definition) is 2. The van der Waals surface area contributed by atoms with Gasteiger partial charge in [-0.25, -0.2) is 4.79 Å². The molecule has 3 heteroatoms. The molecule has 1 amide bonds. The van der Waals surface area contributed by atoms with Gasteiger partial charge >= 0.3 is 6.09 Å². The van der Waals surface area contributed by atoms with Crippen LogP contribution in [-0.2, 0) is 4.74 Å². The molecule has 0 fully saturated rings. The Morgan fingerprint density at radius 2 is 2.19 bits per heavy atom. The van der Waals surface area contributed by atoms with Crippen LogP contribution in [-0.4, -0.2) is 19.7 Å². The van der Waals surface area contributed by atoms with Crippen LogP contribution in [0.15, 0.2) is 11.6 Å². The lowest BCUT2D eigenvalue weighted by Gasteiger charge is -2.08. The van der Waals surface area contributed by atoms with Crippen molar-refractivity contribution in [1.82, 2.24) is 5.32 Å². The van der Waals surface area contributed by atoms with Crippen LogP contribution in [0.25, 0.3) is 0 Å². The molecule has 0 saturated carbocycles. The van der Waals surface area contributed by atoms with Gasteiger partial charge in [0.05, 0.1) is 0 Å². The van der Waals surface area contributed by atoms with Crippen LogP contribution in [0.2, 0.25) is 0 Å². The van der Waals surface area contributed by atoms with E-state index in [4.69, 9.17) is 4.74 Å². The monoisotopic (exact) mass is 227 g/mol. The highest BCUT2D eigenvalue weighted by atomic mass is 16.5. The Balaban J connectivity index is 3.59. The Morgan fingerprint density at radius 1 is 1.50 bits per heavy atom. The molecule has 0 rings (SSSR count). The van der Waals surface area contributed by atoms with Gasteiger partial charge in [-0.05, 0) is 31.8 Å². The molecule has 0 aromatic rings. The summed E-state index contributed by atoms with van der Waals surface area (Å²) in [6.07, 6.45) is 6.45. The van der Waals surface area contributed by atoms with Crippen molar-refractivity contribution in [2.45, 2.75) is 46.5 Å². The first-order valence-electron chi connectivity index (χ1n) is 6.10. The van der Waals surface area contributed by atoms with Crippen LogP contribution < -0.4 is 5.32 Å². The van der Waals surface area contributed by atoms with Gasteiger partial charge in [0, 0.05) is 7.05 Å². The average molecular weight is 227 g/mol. The topological polar surface area (TPSA) is 38.3 Å². The molecule has 0 radical (unpaired) electrons. The van der Waals surface area contributed by atoms with E-state index in [-0.39, 0.29) is 6.09 Å². The molecule has 3 nitrogen and oxygen atoms in total. The molecule has 0 spiro atoms. The van der Waals surface area contributed by atoms with Gasteiger partial charge in [0.25, 0.3) is 0 Å². The van der Waals surface area contributed by atoms with Gasteiger partial charge in [0.1, 0.15) is 6.61 Å². The van der Waals surface area contributed by atoms with E-state index in [0.29, 0.717) is 6.61 Å². The molecule has 94 valence electrons. The summed E-state index contributed by atoms with van der Waals surface area (Å²) in [6.45, 7) is 6.97. The smallest absolute Gasteiger partial charge is 0.407 e. The van der Waals surface area contributed by atoms with E-state index in [2.05, 4.69) is 26.1 Å². The Labute approximate surface area is 99.3 Å². The molecule has 0 aromatic heterocycles. The Kier molecular flexibility index (Phi) is 8.68. The lowest BCUT2D eigenvalue weighted by Crippen LogP contribution is -2.19. The van der Waals surface area contributed by atoms with Crippen LogP contribution in [0.4, 0.5) is 4.79 Å². The van der Waals surface area contributed by atoms with Crippen LogP contribution in [0.1, 0.15) is 46.5 Å². The SMILES string of the molecule is CCC(C)CCC/C(C)=C/COC(=O)NC. The van der Waals surface area contributed by atoms with Gasteiger partial charge in [0.2, 0.25) is 0 Å². The molecule has 16 heavy (non-hydrogen) atoms. The zero-order valence-corrected chi connectivity index (χ0v) is 11.0. The Bertz CT molecular complexity index is 224. The van der Waals surface area contributed by atoms with Crippen LogP contribution >= 0.6 is 0 Å². The summed E-state index contributed by atoms with van der Waals surface area (Å²) in [5, 5.41) is 2.41. The Hall–Kier alpha value is -0.990.